The van der Waals surface area contributed by atoms with Crippen LogP contribution in [0.25, 0.3) is 50.4 Å². The molecule has 0 bridgehead atoms. The minimum absolute atomic E-state index is 0.642. The highest BCUT2D eigenvalue weighted by molar-refractivity contribution is 5.95. The molecular formula is C26H24N10. The summed E-state index contributed by atoms with van der Waals surface area (Å²) >= 11 is 0. The number of aromatic nitrogens is 9. The third-order valence-corrected chi connectivity index (χ3v) is 5.94. The van der Waals surface area contributed by atoms with Crippen molar-refractivity contribution in [2.24, 2.45) is 0 Å². The van der Waals surface area contributed by atoms with Crippen molar-refractivity contribution >= 4 is 27.6 Å². The van der Waals surface area contributed by atoms with E-state index in [1.807, 2.05) is 29.8 Å². The van der Waals surface area contributed by atoms with E-state index in [0.29, 0.717) is 11.5 Å². The van der Waals surface area contributed by atoms with Crippen molar-refractivity contribution in [3.05, 3.63) is 73.6 Å². The van der Waals surface area contributed by atoms with Crippen LogP contribution in [0.1, 0.15) is 25.5 Å². The molecule has 10 nitrogen and oxygen atoms in total. The van der Waals surface area contributed by atoms with Crippen LogP contribution in [0.3, 0.4) is 0 Å². The maximum Gasteiger partial charge on any atom is 0.159 e. The van der Waals surface area contributed by atoms with Gasteiger partial charge in [-0.25, -0.2) is 9.97 Å². The van der Waals surface area contributed by atoms with Crippen LogP contribution < -0.4 is 5.32 Å². The van der Waals surface area contributed by atoms with Gasteiger partial charge in [-0.15, -0.1) is 0 Å². The van der Waals surface area contributed by atoms with E-state index in [2.05, 4.69) is 53.9 Å². The zero-order chi connectivity index (χ0) is 24.6. The van der Waals surface area contributed by atoms with Gasteiger partial charge in [0.15, 0.2) is 5.82 Å². The van der Waals surface area contributed by atoms with Crippen LogP contribution in [-0.2, 0) is 0 Å². The number of aromatic amines is 2. The fourth-order valence-electron chi connectivity index (χ4n) is 4.24. The summed E-state index contributed by atoms with van der Waals surface area (Å²) in [6, 6.07) is 4.02. The van der Waals surface area contributed by atoms with Crippen molar-refractivity contribution in [2.45, 2.75) is 26.7 Å². The summed E-state index contributed by atoms with van der Waals surface area (Å²) in [5.74, 6) is 0.642. The van der Waals surface area contributed by atoms with Crippen LogP contribution in [0.15, 0.2) is 67.9 Å². The van der Waals surface area contributed by atoms with E-state index in [1.54, 1.807) is 37.3 Å². The smallest absolute Gasteiger partial charge is 0.159 e. The lowest BCUT2D eigenvalue weighted by Gasteiger charge is -2.09. The van der Waals surface area contributed by atoms with Crippen molar-refractivity contribution in [3.8, 4) is 28.5 Å². The quantitative estimate of drug-likeness (QED) is 0.290. The van der Waals surface area contributed by atoms with Gasteiger partial charge in [-0.1, -0.05) is 19.9 Å². The van der Waals surface area contributed by atoms with Gasteiger partial charge in [0.1, 0.15) is 11.2 Å². The van der Waals surface area contributed by atoms with E-state index < -0.39 is 0 Å². The van der Waals surface area contributed by atoms with Gasteiger partial charge in [-0.3, -0.25) is 20.1 Å². The molecule has 0 radical (unpaired) electrons. The van der Waals surface area contributed by atoms with E-state index in [1.165, 1.54) is 0 Å². The summed E-state index contributed by atoms with van der Waals surface area (Å²) in [4.78, 5) is 26.0. The first kappa shape index (κ1) is 21.7. The van der Waals surface area contributed by atoms with Crippen LogP contribution in [0.2, 0.25) is 0 Å². The number of pyridine rings is 3. The number of fused-ring (bicyclic) bond motifs is 2. The highest BCUT2D eigenvalue weighted by atomic mass is 15.1. The SMILES string of the molecule is C=C(CCC)Nc1cncc(-c2cc3c(-c4nc5c(-n6cnc(C)c6)cncc5[nH]4)n[nH]c3cn2)c1. The summed E-state index contributed by atoms with van der Waals surface area (Å²) in [7, 11) is 0. The average molecular weight is 477 g/mol. The van der Waals surface area contributed by atoms with E-state index in [0.717, 1.165) is 68.8 Å². The molecule has 0 aliphatic carbocycles. The van der Waals surface area contributed by atoms with Gasteiger partial charge >= 0.3 is 0 Å². The molecule has 0 aromatic carbocycles. The van der Waals surface area contributed by atoms with Crippen molar-refractivity contribution in [2.75, 3.05) is 5.32 Å². The summed E-state index contributed by atoms with van der Waals surface area (Å²) in [5.41, 5.74) is 8.41. The van der Waals surface area contributed by atoms with E-state index >= 15 is 0 Å². The predicted octanol–water partition coefficient (Wildman–Crippen LogP) is 5.18. The number of allylic oxidation sites excluding steroid dienone is 1. The maximum absolute atomic E-state index is 4.88. The van der Waals surface area contributed by atoms with E-state index in [-0.39, 0.29) is 0 Å². The first-order chi connectivity index (χ1) is 17.6. The van der Waals surface area contributed by atoms with Crippen LogP contribution in [0.5, 0.6) is 0 Å². The van der Waals surface area contributed by atoms with E-state index in [4.69, 9.17) is 4.98 Å². The Morgan fingerprint density at radius 3 is 2.78 bits per heavy atom. The monoisotopic (exact) mass is 476 g/mol. The Bertz CT molecular complexity index is 1720. The Hall–Kier alpha value is -4.86. The van der Waals surface area contributed by atoms with Gasteiger partial charge in [0, 0.05) is 29.0 Å². The molecule has 178 valence electrons. The Kier molecular flexibility index (Phi) is 5.25. The summed E-state index contributed by atoms with van der Waals surface area (Å²) in [5, 5.41) is 11.8. The number of hydrogen-bond acceptors (Lipinski definition) is 7. The summed E-state index contributed by atoms with van der Waals surface area (Å²) < 4.78 is 1.92. The first-order valence-corrected chi connectivity index (χ1v) is 11.7. The second-order valence-corrected chi connectivity index (χ2v) is 8.69. The molecule has 0 fully saturated rings. The lowest BCUT2D eigenvalue weighted by Crippen LogP contribution is -1.98. The van der Waals surface area contributed by atoms with Crippen molar-refractivity contribution in [1.82, 2.24) is 44.7 Å². The zero-order valence-electron chi connectivity index (χ0n) is 19.9. The lowest BCUT2D eigenvalue weighted by atomic mass is 10.1. The Morgan fingerprint density at radius 2 is 1.94 bits per heavy atom. The molecule has 0 amide bonds. The lowest BCUT2D eigenvalue weighted by molar-refractivity contribution is 0.913. The molecule has 0 saturated heterocycles. The van der Waals surface area contributed by atoms with Crippen LogP contribution in [-0.4, -0.2) is 44.7 Å². The number of imidazole rings is 2. The molecule has 0 unspecified atom stereocenters. The maximum atomic E-state index is 4.88. The topological polar surface area (TPSA) is 126 Å². The molecular weight excluding hydrogens is 452 g/mol. The molecule has 6 rings (SSSR count). The minimum atomic E-state index is 0.642. The number of rotatable bonds is 7. The number of nitrogens with zero attached hydrogens (tertiary/aromatic N) is 7. The minimum Gasteiger partial charge on any atom is -0.358 e. The molecule has 0 aliphatic rings. The van der Waals surface area contributed by atoms with Gasteiger partial charge < -0.3 is 14.9 Å². The third kappa shape index (κ3) is 3.88. The van der Waals surface area contributed by atoms with E-state index in [9.17, 15) is 0 Å². The van der Waals surface area contributed by atoms with Gasteiger partial charge in [0.05, 0.1) is 64.9 Å². The highest BCUT2D eigenvalue weighted by Crippen LogP contribution is 2.30. The molecule has 6 aromatic rings. The number of hydrogen-bond donors (Lipinski definition) is 3. The van der Waals surface area contributed by atoms with Crippen LogP contribution in [0, 0.1) is 6.92 Å². The van der Waals surface area contributed by atoms with Gasteiger partial charge in [-0.05, 0) is 25.5 Å². The second-order valence-electron chi connectivity index (χ2n) is 8.69. The Morgan fingerprint density at radius 1 is 1.06 bits per heavy atom. The Balaban J connectivity index is 1.40. The zero-order valence-corrected chi connectivity index (χ0v) is 19.9. The molecule has 3 N–H and O–H groups in total. The molecule has 6 heterocycles. The first-order valence-electron chi connectivity index (χ1n) is 11.7. The predicted molar refractivity (Wildman–Crippen MR) is 140 cm³/mol. The van der Waals surface area contributed by atoms with Gasteiger partial charge in [0.2, 0.25) is 0 Å². The fraction of sp³-hybridized carbons (Fsp3) is 0.154. The molecule has 6 aromatic heterocycles. The van der Waals surface area contributed by atoms with Gasteiger partial charge in [-0.2, -0.15) is 5.10 Å². The van der Waals surface area contributed by atoms with Crippen LogP contribution >= 0.6 is 0 Å². The third-order valence-electron chi connectivity index (χ3n) is 5.94. The highest BCUT2D eigenvalue weighted by Gasteiger charge is 2.17. The van der Waals surface area contributed by atoms with Crippen molar-refractivity contribution in [3.63, 3.8) is 0 Å². The molecule has 0 saturated carbocycles. The molecule has 0 atom stereocenters. The largest absolute Gasteiger partial charge is 0.358 e. The summed E-state index contributed by atoms with van der Waals surface area (Å²) in [6.07, 6.45) is 14.5. The van der Waals surface area contributed by atoms with Crippen LogP contribution in [0.4, 0.5) is 5.69 Å². The summed E-state index contributed by atoms with van der Waals surface area (Å²) in [6.45, 7) is 8.15. The Labute approximate surface area is 206 Å². The van der Waals surface area contributed by atoms with Gasteiger partial charge in [0.25, 0.3) is 0 Å². The number of anilines is 1. The number of nitrogens with one attached hydrogen (secondary N) is 3. The molecule has 0 spiro atoms. The van der Waals surface area contributed by atoms with Crippen molar-refractivity contribution < 1.29 is 0 Å². The van der Waals surface area contributed by atoms with Crippen molar-refractivity contribution in [1.29, 1.82) is 0 Å². The standard InChI is InChI=1S/C26H24N10/c1-4-5-15(2)31-18-6-17(8-27-9-18)20-7-19-21(11-29-20)34-35-24(19)26-32-22-10-28-12-23(25(22)33-26)36-13-16(3)30-14-36/h6-14,31H,2,4-5H2,1,3H3,(H,32,33)(H,34,35). The molecule has 0 aliphatic heterocycles. The average Bonchev–Trinajstić information content (AvgIpc) is 3.61. The molecule has 36 heavy (non-hydrogen) atoms. The normalized spacial score (nSPS) is 11.4. The molecule has 10 heteroatoms. The number of aryl methyl sites for hydroxylation is 1. The fourth-order valence-corrected chi connectivity index (χ4v) is 4.24. The number of H-pyrrole nitrogens is 2. The second kappa shape index (κ2) is 8.73.